The Hall–Kier alpha value is -2.65. The van der Waals surface area contributed by atoms with Gasteiger partial charge in [0.1, 0.15) is 0 Å². The van der Waals surface area contributed by atoms with Crippen molar-refractivity contribution in [3.63, 3.8) is 0 Å². The standard InChI is InChI=1S/C17H15N5S/c1-13(10-18)23-17-21-20-16(15-8-5-9-19-11-15)22(17)12-14-6-3-2-4-7-14/h2-9,11,13H,12H2,1H3/t13-/m1/s1. The van der Waals surface area contributed by atoms with Crippen LogP contribution in [0, 0.1) is 11.3 Å². The van der Waals surface area contributed by atoms with Crippen molar-refractivity contribution in [2.24, 2.45) is 0 Å². The molecule has 0 aliphatic rings. The summed E-state index contributed by atoms with van der Waals surface area (Å²) in [5.41, 5.74) is 2.07. The summed E-state index contributed by atoms with van der Waals surface area (Å²) in [5, 5.41) is 18.2. The van der Waals surface area contributed by atoms with E-state index < -0.39 is 0 Å². The third-order valence-corrected chi connectivity index (χ3v) is 4.26. The molecule has 5 nitrogen and oxygen atoms in total. The van der Waals surface area contributed by atoms with Gasteiger partial charge in [-0.1, -0.05) is 42.1 Å². The molecule has 0 aliphatic carbocycles. The normalized spacial score (nSPS) is 11.8. The van der Waals surface area contributed by atoms with Crippen LogP contribution in [0.3, 0.4) is 0 Å². The van der Waals surface area contributed by atoms with Crippen LogP contribution in [-0.4, -0.2) is 25.0 Å². The second kappa shape index (κ2) is 7.07. The number of hydrogen-bond acceptors (Lipinski definition) is 5. The second-order valence-electron chi connectivity index (χ2n) is 5.01. The lowest BCUT2D eigenvalue weighted by Gasteiger charge is -2.10. The van der Waals surface area contributed by atoms with Gasteiger partial charge >= 0.3 is 0 Å². The second-order valence-corrected chi connectivity index (χ2v) is 6.32. The molecule has 0 saturated heterocycles. The molecule has 3 aromatic rings. The monoisotopic (exact) mass is 321 g/mol. The fourth-order valence-corrected chi connectivity index (χ4v) is 2.91. The van der Waals surface area contributed by atoms with Crippen LogP contribution in [0.1, 0.15) is 12.5 Å². The summed E-state index contributed by atoms with van der Waals surface area (Å²) in [5.74, 6) is 0.759. The first kappa shape index (κ1) is 15.3. The molecule has 0 aliphatic heterocycles. The van der Waals surface area contributed by atoms with Crippen molar-refractivity contribution in [2.75, 3.05) is 0 Å². The molecular formula is C17H15N5S. The lowest BCUT2D eigenvalue weighted by molar-refractivity contribution is 0.714. The highest BCUT2D eigenvalue weighted by atomic mass is 32.2. The maximum Gasteiger partial charge on any atom is 0.193 e. The van der Waals surface area contributed by atoms with Gasteiger partial charge in [-0.3, -0.25) is 9.55 Å². The molecule has 2 heterocycles. The first-order valence-electron chi connectivity index (χ1n) is 7.21. The smallest absolute Gasteiger partial charge is 0.193 e. The quantitative estimate of drug-likeness (QED) is 0.674. The zero-order valence-electron chi connectivity index (χ0n) is 12.6. The van der Waals surface area contributed by atoms with Gasteiger partial charge in [-0.25, -0.2) is 0 Å². The van der Waals surface area contributed by atoms with E-state index in [4.69, 9.17) is 5.26 Å². The first-order valence-corrected chi connectivity index (χ1v) is 8.09. The molecule has 1 atom stereocenters. The molecule has 6 heteroatoms. The Bertz CT molecular complexity index is 808. The van der Waals surface area contributed by atoms with Gasteiger partial charge in [0.05, 0.1) is 17.9 Å². The fourth-order valence-electron chi connectivity index (χ4n) is 2.18. The van der Waals surface area contributed by atoms with Crippen molar-refractivity contribution < 1.29 is 0 Å². The highest BCUT2D eigenvalue weighted by Crippen LogP contribution is 2.27. The van der Waals surface area contributed by atoms with Crippen LogP contribution in [0.5, 0.6) is 0 Å². The molecular weight excluding hydrogens is 306 g/mol. The maximum atomic E-state index is 9.06. The van der Waals surface area contributed by atoms with Crippen molar-refractivity contribution in [3.8, 4) is 17.5 Å². The van der Waals surface area contributed by atoms with Crippen LogP contribution < -0.4 is 0 Å². The molecule has 0 unspecified atom stereocenters. The molecule has 0 fully saturated rings. The van der Waals surface area contributed by atoms with Crippen LogP contribution in [0.2, 0.25) is 0 Å². The molecule has 0 spiro atoms. The maximum absolute atomic E-state index is 9.06. The molecule has 23 heavy (non-hydrogen) atoms. The van der Waals surface area contributed by atoms with E-state index in [-0.39, 0.29) is 5.25 Å². The van der Waals surface area contributed by atoms with Gasteiger partial charge in [0.15, 0.2) is 11.0 Å². The van der Waals surface area contributed by atoms with E-state index in [1.54, 1.807) is 12.4 Å². The molecule has 0 amide bonds. The molecule has 0 radical (unpaired) electrons. The average molecular weight is 321 g/mol. The number of benzene rings is 1. The predicted octanol–water partition coefficient (Wildman–Crippen LogP) is 3.39. The van der Waals surface area contributed by atoms with Gasteiger partial charge < -0.3 is 0 Å². The van der Waals surface area contributed by atoms with Gasteiger partial charge in [0.2, 0.25) is 0 Å². The van der Waals surface area contributed by atoms with Crippen molar-refractivity contribution in [1.82, 2.24) is 19.7 Å². The van der Waals surface area contributed by atoms with Crippen molar-refractivity contribution in [1.29, 1.82) is 5.26 Å². The summed E-state index contributed by atoms with van der Waals surface area (Å²) < 4.78 is 2.03. The van der Waals surface area contributed by atoms with E-state index in [1.807, 2.05) is 41.8 Å². The van der Waals surface area contributed by atoms with E-state index in [9.17, 15) is 0 Å². The van der Waals surface area contributed by atoms with Gasteiger partial charge in [0, 0.05) is 18.0 Å². The van der Waals surface area contributed by atoms with Crippen molar-refractivity contribution >= 4 is 11.8 Å². The Kier molecular flexibility index (Phi) is 4.69. The van der Waals surface area contributed by atoms with Crippen molar-refractivity contribution in [2.45, 2.75) is 23.9 Å². The molecule has 3 rings (SSSR count). The number of nitriles is 1. The lowest BCUT2D eigenvalue weighted by Crippen LogP contribution is -2.05. The highest BCUT2D eigenvalue weighted by molar-refractivity contribution is 8.00. The molecule has 0 bridgehead atoms. The van der Waals surface area contributed by atoms with E-state index in [1.165, 1.54) is 11.8 Å². The van der Waals surface area contributed by atoms with Crippen LogP contribution in [0.4, 0.5) is 0 Å². The van der Waals surface area contributed by atoms with Crippen LogP contribution in [0.15, 0.2) is 60.0 Å². The van der Waals surface area contributed by atoms with Crippen LogP contribution >= 0.6 is 11.8 Å². The number of hydrogen-bond donors (Lipinski definition) is 0. The minimum Gasteiger partial charge on any atom is -0.297 e. The number of aromatic nitrogens is 4. The van der Waals surface area contributed by atoms with E-state index >= 15 is 0 Å². The summed E-state index contributed by atoms with van der Waals surface area (Å²) in [4.78, 5) is 4.16. The third kappa shape index (κ3) is 3.58. The molecule has 1 aromatic carbocycles. The molecule has 2 aromatic heterocycles. The summed E-state index contributed by atoms with van der Waals surface area (Å²) in [6.07, 6.45) is 3.50. The Morgan fingerprint density at radius 1 is 1.17 bits per heavy atom. The highest BCUT2D eigenvalue weighted by Gasteiger charge is 2.17. The summed E-state index contributed by atoms with van der Waals surface area (Å²) >= 11 is 1.41. The fraction of sp³-hybridized carbons (Fsp3) is 0.176. The van der Waals surface area contributed by atoms with E-state index in [2.05, 4.69) is 33.4 Å². The number of thioether (sulfide) groups is 1. The van der Waals surface area contributed by atoms with Gasteiger partial charge in [-0.05, 0) is 24.6 Å². The minimum atomic E-state index is -0.185. The SMILES string of the molecule is C[C@H](C#N)Sc1nnc(-c2cccnc2)n1Cc1ccccc1. The summed E-state index contributed by atoms with van der Waals surface area (Å²) in [6.45, 7) is 2.51. The molecule has 0 N–H and O–H groups in total. The minimum absolute atomic E-state index is 0.185. The number of pyridine rings is 1. The predicted molar refractivity (Wildman–Crippen MR) is 89.7 cm³/mol. The third-order valence-electron chi connectivity index (χ3n) is 3.28. The zero-order chi connectivity index (χ0) is 16.1. The Morgan fingerprint density at radius 2 is 2.00 bits per heavy atom. The molecule has 0 saturated carbocycles. The number of nitrogens with zero attached hydrogens (tertiary/aromatic N) is 5. The summed E-state index contributed by atoms with van der Waals surface area (Å²) in [7, 11) is 0. The lowest BCUT2D eigenvalue weighted by atomic mass is 10.2. The average Bonchev–Trinajstić information content (AvgIpc) is 2.99. The number of rotatable bonds is 5. The summed E-state index contributed by atoms with van der Waals surface area (Å²) in [6, 6.07) is 16.2. The Labute approximate surface area is 139 Å². The largest absolute Gasteiger partial charge is 0.297 e. The van der Waals surface area contributed by atoms with Crippen molar-refractivity contribution in [3.05, 3.63) is 60.4 Å². The Balaban J connectivity index is 2.01. The Morgan fingerprint density at radius 3 is 2.70 bits per heavy atom. The van der Waals surface area contributed by atoms with E-state index in [0.717, 1.165) is 22.1 Å². The topological polar surface area (TPSA) is 67.4 Å². The van der Waals surface area contributed by atoms with E-state index in [0.29, 0.717) is 6.54 Å². The van der Waals surface area contributed by atoms with Crippen LogP contribution in [-0.2, 0) is 6.54 Å². The zero-order valence-corrected chi connectivity index (χ0v) is 13.4. The molecule has 114 valence electrons. The van der Waals surface area contributed by atoms with Crippen LogP contribution in [0.25, 0.3) is 11.4 Å². The van der Waals surface area contributed by atoms with Gasteiger partial charge in [-0.2, -0.15) is 5.26 Å². The van der Waals surface area contributed by atoms with Gasteiger partial charge in [-0.15, -0.1) is 10.2 Å². The van der Waals surface area contributed by atoms with Gasteiger partial charge in [0.25, 0.3) is 0 Å². The first-order chi connectivity index (χ1) is 11.3.